The van der Waals surface area contributed by atoms with Gasteiger partial charge in [-0.15, -0.1) is 22.7 Å². The van der Waals surface area contributed by atoms with Crippen molar-refractivity contribution in [2.75, 3.05) is 18.0 Å². The standard InChI is InChI=1S/C22H22N2OS2/c1-15-13-16-5-2-3-6-18(16)24(15)21(25)14-23-10-8-19-17(9-12-27-19)22(23)20-7-4-11-26-20/h2-7,9,11-12,15,22H,8,10,13-14H2,1H3/p+1/t15-,22-/m1/s1. The summed E-state index contributed by atoms with van der Waals surface area (Å²) in [7, 11) is 0. The lowest BCUT2D eigenvalue weighted by Crippen LogP contribution is -3.14. The highest BCUT2D eigenvalue weighted by Gasteiger charge is 2.38. The largest absolute Gasteiger partial charge is 0.316 e. The Hall–Kier alpha value is -1.95. The fourth-order valence-electron chi connectivity index (χ4n) is 4.67. The first kappa shape index (κ1) is 17.2. The Morgan fingerprint density at radius 3 is 2.89 bits per heavy atom. The number of quaternary nitrogens is 1. The predicted octanol–water partition coefficient (Wildman–Crippen LogP) is 3.32. The molecular weight excluding hydrogens is 372 g/mol. The van der Waals surface area contributed by atoms with Crippen molar-refractivity contribution >= 4 is 34.3 Å². The van der Waals surface area contributed by atoms with E-state index in [2.05, 4.69) is 54.1 Å². The number of para-hydroxylation sites is 1. The molecule has 27 heavy (non-hydrogen) atoms. The van der Waals surface area contributed by atoms with Crippen molar-refractivity contribution in [1.82, 2.24) is 0 Å². The number of rotatable bonds is 3. The summed E-state index contributed by atoms with van der Waals surface area (Å²) in [4.78, 5) is 19.6. The number of fused-ring (bicyclic) bond motifs is 2. The normalized spacial score (nSPS) is 23.9. The number of amides is 1. The maximum Gasteiger partial charge on any atom is 0.282 e. The van der Waals surface area contributed by atoms with Crippen molar-refractivity contribution in [3.05, 3.63) is 74.1 Å². The van der Waals surface area contributed by atoms with Crippen molar-refractivity contribution in [2.24, 2.45) is 0 Å². The molecule has 1 amide bonds. The van der Waals surface area contributed by atoms with Gasteiger partial charge in [0, 0.05) is 28.6 Å². The summed E-state index contributed by atoms with van der Waals surface area (Å²) >= 11 is 3.67. The molecule has 4 heterocycles. The van der Waals surface area contributed by atoms with E-state index in [1.165, 1.54) is 25.8 Å². The summed E-state index contributed by atoms with van der Waals surface area (Å²) in [5.74, 6) is 0.252. The highest BCUT2D eigenvalue weighted by atomic mass is 32.1. The number of benzene rings is 1. The molecular formula is C22H23N2OS2+. The number of carbonyl (C=O) groups is 1. The lowest BCUT2D eigenvalue weighted by Gasteiger charge is -2.33. The molecule has 0 spiro atoms. The molecule has 0 fully saturated rings. The molecule has 3 nitrogen and oxygen atoms in total. The van der Waals surface area contributed by atoms with E-state index in [-0.39, 0.29) is 18.0 Å². The lowest BCUT2D eigenvalue weighted by molar-refractivity contribution is -0.919. The maximum absolute atomic E-state index is 13.4. The third-order valence-corrected chi connectivity index (χ3v) is 7.79. The second-order valence-corrected chi connectivity index (χ2v) is 9.51. The van der Waals surface area contributed by atoms with Crippen molar-refractivity contribution in [3.8, 4) is 0 Å². The van der Waals surface area contributed by atoms with E-state index in [1.54, 1.807) is 0 Å². The van der Waals surface area contributed by atoms with E-state index in [0.29, 0.717) is 6.54 Å². The molecule has 3 aromatic rings. The van der Waals surface area contributed by atoms with Crippen molar-refractivity contribution in [2.45, 2.75) is 31.8 Å². The Morgan fingerprint density at radius 2 is 2.04 bits per heavy atom. The van der Waals surface area contributed by atoms with Crippen molar-refractivity contribution in [3.63, 3.8) is 0 Å². The van der Waals surface area contributed by atoms with Crippen LogP contribution in [0, 0.1) is 0 Å². The first-order valence-electron chi connectivity index (χ1n) is 9.56. The van der Waals surface area contributed by atoms with E-state index in [1.807, 2.05) is 33.6 Å². The monoisotopic (exact) mass is 395 g/mol. The summed E-state index contributed by atoms with van der Waals surface area (Å²) in [6.07, 6.45) is 2.03. The van der Waals surface area contributed by atoms with Crippen LogP contribution < -0.4 is 9.80 Å². The Balaban J connectivity index is 1.44. The van der Waals surface area contributed by atoms with Crippen LogP contribution in [0.5, 0.6) is 0 Å². The van der Waals surface area contributed by atoms with Gasteiger partial charge in [0.15, 0.2) is 6.54 Å². The fourth-order valence-corrected chi connectivity index (χ4v) is 6.50. The molecule has 1 aromatic carbocycles. The number of nitrogens with zero attached hydrogens (tertiary/aromatic N) is 1. The minimum absolute atomic E-state index is 0.246. The van der Waals surface area contributed by atoms with E-state index in [4.69, 9.17) is 0 Å². The van der Waals surface area contributed by atoms with Crippen molar-refractivity contribution in [1.29, 1.82) is 0 Å². The zero-order valence-corrected chi connectivity index (χ0v) is 17.0. The Bertz CT molecular complexity index is 962. The quantitative estimate of drug-likeness (QED) is 0.723. The highest BCUT2D eigenvalue weighted by molar-refractivity contribution is 7.10. The van der Waals surface area contributed by atoms with Gasteiger partial charge in [-0.3, -0.25) is 4.79 Å². The van der Waals surface area contributed by atoms with Gasteiger partial charge >= 0.3 is 0 Å². The number of thiophene rings is 2. The van der Waals surface area contributed by atoms with Gasteiger partial charge in [0.2, 0.25) is 0 Å². The Labute approximate surface area is 167 Å². The van der Waals surface area contributed by atoms with Crippen molar-refractivity contribution < 1.29 is 9.69 Å². The van der Waals surface area contributed by atoms with Gasteiger partial charge in [-0.05, 0) is 47.9 Å². The van der Waals surface area contributed by atoms with Gasteiger partial charge in [0.1, 0.15) is 6.04 Å². The van der Waals surface area contributed by atoms with Crippen LogP contribution >= 0.6 is 22.7 Å². The second kappa shape index (κ2) is 6.89. The van der Waals surface area contributed by atoms with Gasteiger partial charge in [0.25, 0.3) is 5.91 Å². The summed E-state index contributed by atoms with van der Waals surface area (Å²) in [5, 5.41) is 4.35. The molecule has 0 aliphatic carbocycles. The Morgan fingerprint density at radius 1 is 1.15 bits per heavy atom. The molecule has 0 saturated carbocycles. The lowest BCUT2D eigenvalue weighted by atomic mass is 9.98. The van der Waals surface area contributed by atoms with Gasteiger partial charge in [-0.25, -0.2) is 0 Å². The minimum atomic E-state index is 0.246. The van der Waals surface area contributed by atoms with Crippen LogP contribution in [0.1, 0.15) is 33.8 Å². The molecule has 2 aliphatic heterocycles. The zero-order valence-electron chi connectivity index (χ0n) is 15.4. The average molecular weight is 396 g/mol. The minimum Gasteiger partial charge on any atom is -0.316 e. The van der Waals surface area contributed by atoms with Gasteiger partial charge < -0.3 is 9.80 Å². The van der Waals surface area contributed by atoms with E-state index in [9.17, 15) is 4.79 Å². The molecule has 0 bridgehead atoms. The number of hydrogen-bond acceptors (Lipinski definition) is 3. The SMILES string of the molecule is C[C@@H]1Cc2ccccc2N1C(=O)C[NH+]1CCc2sccc2[C@@H]1c1cccs1. The van der Waals surface area contributed by atoms with Crippen LogP contribution in [-0.4, -0.2) is 25.0 Å². The number of carbonyl (C=O) groups excluding carboxylic acids is 1. The van der Waals surface area contributed by atoms with Crippen LogP contribution in [0.2, 0.25) is 0 Å². The summed E-state index contributed by atoms with van der Waals surface area (Å²) in [6.45, 7) is 3.74. The van der Waals surface area contributed by atoms with E-state index < -0.39 is 0 Å². The molecule has 5 heteroatoms. The van der Waals surface area contributed by atoms with Gasteiger partial charge in [-0.2, -0.15) is 0 Å². The third kappa shape index (κ3) is 2.94. The van der Waals surface area contributed by atoms with Crippen LogP contribution in [-0.2, 0) is 17.6 Å². The van der Waals surface area contributed by atoms with E-state index in [0.717, 1.165) is 25.1 Å². The summed E-state index contributed by atoms with van der Waals surface area (Å²) in [6, 6.07) is 15.5. The fraction of sp³-hybridized carbons (Fsp3) is 0.318. The molecule has 1 unspecified atom stereocenters. The number of hydrogen-bond donors (Lipinski definition) is 1. The highest BCUT2D eigenvalue weighted by Crippen LogP contribution is 2.33. The molecule has 0 radical (unpaired) electrons. The van der Waals surface area contributed by atoms with Crippen LogP contribution in [0.4, 0.5) is 5.69 Å². The first-order valence-corrected chi connectivity index (χ1v) is 11.3. The zero-order chi connectivity index (χ0) is 18.4. The number of anilines is 1. The van der Waals surface area contributed by atoms with E-state index >= 15 is 0 Å². The van der Waals surface area contributed by atoms with Gasteiger partial charge in [0.05, 0.1) is 11.4 Å². The molecule has 138 valence electrons. The molecule has 2 aliphatic rings. The first-order chi connectivity index (χ1) is 13.2. The van der Waals surface area contributed by atoms with Crippen LogP contribution in [0.25, 0.3) is 0 Å². The van der Waals surface area contributed by atoms with Crippen LogP contribution in [0.15, 0.2) is 53.2 Å². The van der Waals surface area contributed by atoms with Gasteiger partial charge in [-0.1, -0.05) is 24.3 Å². The molecule has 1 N–H and O–H groups in total. The molecule has 5 rings (SSSR count). The summed E-state index contributed by atoms with van der Waals surface area (Å²) in [5.41, 5.74) is 3.82. The maximum atomic E-state index is 13.4. The number of nitrogens with one attached hydrogen (secondary N) is 1. The molecule has 3 atom stereocenters. The second-order valence-electron chi connectivity index (χ2n) is 7.53. The Kier molecular flexibility index (Phi) is 4.38. The smallest absolute Gasteiger partial charge is 0.282 e. The average Bonchev–Trinajstić information content (AvgIpc) is 3.40. The molecule has 2 aromatic heterocycles. The summed E-state index contributed by atoms with van der Waals surface area (Å²) < 4.78 is 0. The molecule has 0 saturated heterocycles. The predicted molar refractivity (Wildman–Crippen MR) is 112 cm³/mol. The topological polar surface area (TPSA) is 24.8 Å². The third-order valence-electron chi connectivity index (χ3n) is 5.85. The van der Waals surface area contributed by atoms with Crippen LogP contribution in [0.3, 0.4) is 0 Å².